The Morgan fingerprint density at radius 1 is 1.26 bits per heavy atom. The molecule has 1 N–H and O–H groups in total. The molecule has 0 saturated carbocycles. The number of rotatable bonds is 8. The lowest BCUT2D eigenvalue weighted by Gasteiger charge is -2.35. The summed E-state index contributed by atoms with van der Waals surface area (Å²) in [5.41, 5.74) is -0.570. The number of piperazine rings is 1. The van der Waals surface area contributed by atoms with Crippen molar-refractivity contribution < 1.29 is 13.8 Å². The van der Waals surface area contributed by atoms with Gasteiger partial charge in [-0.1, -0.05) is 6.92 Å². The zero-order valence-corrected chi connectivity index (χ0v) is 17.8. The molecule has 0 aromatic carbocycles. The zero-order valence-electron chi connectivity index (χ0n) is 16.2. The molecule has 27 heavy (non-hydrogen) atoms. The molecular weight excluding hydrogens is 395 g/mol. The maximum absolute atomic E-state index is 12.7. The van der Waals surface area contributed by atoms with E-state index in [9.17, 15) is 14.2 Å². The Morgan fingerprint density at radius 2 is 1.89 bits per heavy atom. The molecule has 1 aliphatic heterocycles. The molecule has 1 saturated heterocycles. The molecule has 1 aliphatic rings. The third-order valence-electron chi connectivity index (χ3n) is 4.57. The summed E-state index contributed by atoms with van der Waals surface area (Å²) in [6, 6.07) is 0. The van der Waals surface area contributed by atoms with Gasteiger partial charge in [0.2, 0.25) is 0 Å². The van der Waals surface area contributed by atoms with Crippen molar-refractivity contribution in [3.05, 3.63) is 32.6 Å². The molecule has 1 aromatic heterocycles. The highest BCUT2D eigenvalue weighted by Gasteiger charge is 2.33. The zero-order chi connectivity index (χ0) is 20.2. The maximum atomic E-state index is 12.7. The molecule has 0 aliphatic carbocycles. The van der Waals surface area contributed by atoms with Crippen LogP contribution in [-0.4, -0.2) is 64.6 Å². The number of H-pyrrole nitrogens is 1. The summed E-state index contributed by atoms with van der Waals surface area (Å²) in [4.78, 5) is 27.9. The standard InChI is InChI=1S/C16H28ClN4O5P/c1-5-19-6-8-20(9-7-19)27(17,24)25-11-13(3)26-14(4)21-10-12(2)15(22)18-16(21)23/h10,13-14H,5-9,11H2,1-4H3,(H,18,22,23)/t13-,14+,27?/m0/s1. The Balaban J connectivity index is 1.89. The van der Waals surface area contributed by atoms with Crippen molar-refractivity contribution in [2.45, 2.75) is 40.0 Å². The quantitative estimate of drug-likeness (QED) is 0.637. The van der Waals surface area contributed by atoms with Crippen LogP contribution in [0.2, 0.25) is 0 Å². The van der Waals surface area contributed by atoms with Gasteiger partial charge in [0.1, 0.15) is 6.23 Å². The average molecular weight is 423 g/mol. The number of nitrogens with zero attached hydrogens (tertiary/aromatic N) is 3. The van der Waals surface area contributed by atoms with E-state index in [1.54, 1.807) is 25.4 Å². The monoisotopic (exact) mass is 422 g/mol. The molecule has 11 heteroatoms. The Kier molecular flexibility index (Phi) is 7.85. The minimum Gasteiger partial charge on any atom is -0.353 e. The molecule has 2 rings (SSSR count). The Bertz CT molecular complexity index is 790. The van der Waals surface area contributed by atoms with E-state index < -0.39 is 30.5 Å². The fourth-order valence-electron chi connectivity index (χ4n) is 2.87. The van der Waals surface area contributed by atoms with Gasteiger partial charge in [0, 0.05) is 37.9 Å². The van der Waals surface area contributed by atoms with Crippen molar-refractivity contribution >= 4 is 18.1 Å². The normalized spacial score (nSPS) is 20.9. The highest BCUT2D eigenvalue weighted by Crippen LogP contribution is 2.56. The minimum atomic E-state index is -3.42. The van der Waals surface area contributed by atoms with Crippen molar-refractivity contribution in [2.24, 2.45) is 0 Å². The third kappa shape index (κ3) is 6.01. The first kappa shape index (κ1) is 22.3. The predicted octanol–water partition coefficient (Wildman–Crippen LogP) is 1.77. The maximum Gasteiger partial charge on any atom is 0.363 e. The van der Waals surface area contributed by atoms with Crippen LogP contribution < -0.4 is 11.2 Å². The molecule has 0 spiro atoms. The highest BCUT2D eigenvalue weighted by atomic mass is 35.7. The SMILES string of the molecule is CCN1CCN(P(=O)(Cl)OC[C@H](C)O[C@H](C)n2cc(C)c(=O)[nH]c2=O)CC1. The second kappa shape index (κ2) is 9.49. The van der Waals surface area contributed by atoms with Crippen molar-refractivity contribution in [1.29, 1.82) is 0 Å². The van der Waals surface area contributed by atoms with Crippen molar-refractivity contribution in [3.63, 3.8) is 0 Å². The summed E-state index contributed by atoms with van der Waals surface area (Å²) in [6.45, 7) is 7.45. The summed E-state index contributed by atoms with van der Waals surface area (Å²) in [5, 5.41) is 0. The largest absolute Gasteiger partial charge is 0.363 e. The van der Waals surface area contributed by atoms with Crippen LogP contribution >= 0.6 is 18.1 Å². The second-order valence-electron chi connectivity index (χ2n) is 6.66. The fraction of sp³-hybridized carbons (Fsp3) is 0.750. The highest BCUT2D eigenvalue weighted by molar-refractivity contribution is 7.83. The molecule has 2 heterocycles. The van der Waals surface area contributed by atoms with E-state index >= 15 is 0 Å². The van der Waals surface area contributed by atoms with E-state index in [1.165, 1.54) is 10.8 Å². The van der Waals surface area contributed by atoms with Crippen LogP contribution in [0, 0.1) is 6.92 Å². The first-order valence-corrected chi connectivity index (χ1v) is 11.5. The lowest BCUT2D eigenvalue weighted by atomic mass is 10.4. The lowest BCUT2D eigenvalue weighted by molar-refractivity contribution is -0.0542. The first-order valence-electron chi connectivity index (χ1n) is 9.03. The molecule has 9 nitrogen and oxygen atoms in total. The van der Waals surface area contributed by atoms with E-state index in [0.717, 1.165) is 19.6 Å². The molecule has 1 aromatic rings. The predicted molar refractivity (Wildman–Crippen MR) is 104 cm³/mol. The van der Waals surface area contributed by atoms with E-state index in [2.05, 4.69) is 16.8 Å². The van der Waals surface area contributed by atoms with Crippen LogP contribution in [0.1, 0.15) is 32.6 Å². The minimum absolute atomic E-state index is 0.0240. The van der Waals surface area contributed by atoms with Gasteiger partial charge >= 0.3 is 12.6 Å². The summed E-state index contributed by atoms with van der Waals surface area (Å²) in [6.07, 6.45) is 0.358. The number of aromatic nitrogens is 2. The first-order chi connectivity index (χ1) is 12.6. The van der Waals surface area contributed by atoms with Crippen LogP contribution in [0.3, 0.4) is 0 Å². The lowest BCUT2D eigenvalue weighted by Crippen LogP contribution is -2.44. The second-order valence-corrected chi connectivity index (χ2v) is 9.67. The van der Waals surface area contributed by atoms with E-state index in [0.29, 0.717) is 18.7 Å². The van der Waals surface area contributed by atoms with Crippen molar-refractivity contribution in [2.75, 3.05) is 39.3 Å². The number of hydrogen-bond donors (Lipinski definition) is 1. The van der Waals surface area contributed by atoms with Gasteiger partial charge in [-0.15, -0.1) is 0 Å². The molecule has 0 amide bonds. The van der Waals surface area contributed by atoms with E-state index in [4.69, 9.17) is 20.5 Å². The Labute approximate surface area is 163 Å². The Hall–Kier alpha value is -0.960. The van der Waals surface area contributed by atoms with Crippen LogP contribution in [0.4, 0.5) is 0 Å². The molecule has 0 bridgehead atoms. The summed E-state index contributed by atoms with van der Waals surface area (Å²) in [7, 11) is 0. The number of hydrogen-bond acceptors (Lipinski definition) is 6. The third-order valence-corrected chi connectivity index (χ3v) is 7.05. The van der Waals surface area contributed by atoms with Gasteiger partial charge in [0.05, 0.1) is 12.7 Å². The number of aromatic amines is 1. The van der Waals surface area contributed by atoms with Crippen LogP contribution in [-0.2, 0) is 13.8 Å². The molecule has 1 fully saturated rings. The van der Waals surface area contributed by atoms with Gasteiger partial charge in [-0.2, -0.15) is 0 Å². The number of aryl methyl sites for hydroxylation is 1. The van der Waals surface area contributed by atoms with Gasteiger partial charge in [0.15, 0.2) is 0 Å². The molecule has 154 valence electrons. The van der Waals surface area contributed by atoms with Gasteiger partial charge in [-0.3, -0.25) is 18.9 Å². The van der Waals surface area contributed by atoms with Gasteiger partial charge in [-0.25, -0.2) is 9.46 Å². The van der Waals surface area contributed by atoms with Crippen LogP contribution in [0.15, 0.2) is 15.8 Å². The number of ether oxygens (including phenoxy) is 1. The van der Waals surface area contributed by atoms with E-state index in [1.807, 2.05) is 0 Å². The smallest absolute Gasteiger partial charge is 0.353 e. The van der Waals surface area contributed by atoms with Gasteiger partial charge in [-0.05, 0) is 38.6 Å². The molecule has 0 radical (unpaired) electrons. The summed E-state index contributed by atoms with van der Waals surface area (Å²) < 4.78 is 26.8. The van der Waals surface area contributed by atoms with Crippen molar-refractivity contribution in [1.82, 2.24) is 19.1 Å². The molecular formula is C16H28ClN4O5P. The number of nitrogens with one attached hydrogen (secondary N) is 1. The average Bonchev–Trinajstić information content (AvgIpc) is 2.63. The van der Waals surface area contributed by atoms with Gasteiger partial charge < -0.3 is 14.2 Å². The van der Waals surface area contributed by atoms with Gasteiger partial charge in [0.25, 0.3) is 5.56 Å². The summed E-state index contributed by atoms with van der Waals surface area (Å²) in [5.74, 6) is 0. The Morgan fingerprint density at radius 3 is 2.48 bits per heavy atom. The fourth-order valence-corrected chi connectivity index (χ4v) is 4.70. The van der Waals surface area contributed by atoms with Crippen LogP contribution in [0.5, 0.6) is 0 Å². The topological polar surface area (TPSA) is 96.9 Å². The molecule has 1 unspecified atom stereocenters. The summed E-state index contributed by atoms with van der Waals surface area (Å²) >= 11 is 6.16. The van der Waals surface area contributed by atoms with Crippen LogP contribution in [0.25, 0.3) is 0 Å². The molecule has 3 atom stereocenters. The number of halogens is 1. The van der Waals surface area contributed by atoms with E-state index in [-0.39, 0.29) is 6.61 Å². The van der Waals surface area contributed by atoms with Crippen molar-refractivity contribution in [3.8, 4) is 0 Å². The number of likely N-dealkylation sites (N-methyl/N-ethyl adjacent to an activating group) is 1.